The Morgan fingerprint density at radius 2 is 1.82 bits per heavy atom. The minimum atomic E-state index is -0.911. The topological polar surface area (TPSA) is 50.2 Å². The fraction of sp³-hybridized carbons (Fsp3) is 0.250. The first-order valence-corrected chi connectivity index (χ1v) is 14.8. The molecule has 1 atom stereocenters. The second-order valence-corrected chi connectivity index (χ2v) is 12.2. The van der Waals surface area contributed by atoms with Gasteiger partial charge < -0.3 is 5.11 Å². The van der Waals surface area contributed by atoms with Crippen molar-refractivity contribution in [1.29, 1.82) is 0 Å². The van der Waals surface area contributed by atoms with Gasteiger partial charge >= 0.3 is 5.97 Å². The Morgan fingerprint density at radius 3 is 2.59 bits per heavy atom. The zero-order valence-corrected chi connectivity index (χ0v) is 23.7. The number of rotatable bonds is 11. The molecule has 0 unspecified atom stereocenters. The summed E-state index contributed by atoms with van der Waals surface area (Å²) in [6.07, 6.45) is 7.86. The average molecular weight is 609 g/mol. The van der Waals surface area contributed by atoms with E-state index in [2.05, 4.69) is 45.2 Å². The maximum Gasteiger partial charge on any atom is 0.303 e. The maximum atomic E-state index is 13.7. The van der Waals surface area contributed by atoms with E-state index in [4.69, 9.17) is 0 Å². The van der Waals surface area contributed by atoms with Crippen LogP contribution >= 0.6 is 27.7 Å². The van der Waals surface area contributed by atoms with E-state index in [-0.39, 0.29) is 17.1 Å². The molecule has 0 saturated heterocycles. The summed E-state index contributed by atoms with van der Waals surface area (Å²) in [5.74, 6) is -1.68. The smallest absolute Gasteiger partial charge is 0.303 e. The van der Waals surface area contributed by atoms with Gasteiger partial charge in [-0.15, -0.1) is 0 Å². The van der Waals surface area contributed by atoms with Crippen LogP contribution in [0.5, 0.6) is 0 Å². The van der Waals surface area contributed by atoms with E-state index in [9.17, 15) is 18.7 Å². The highest BCUT2D eigenvalue weighted by Crippen LogP contribution is 2.53. The molecule has 1 heterocycles. The van der Waals surface area contributed by atoms with Crippen molar-refractivity contribution in [2.45, 2.75) is 37.4 Å². The molecule has 1 N–H and O–H groups in total. The van der Waals surface area contributed by atoms with Gasteiger partial charge in [0.1, 0.15) is 0 Å². The van der Waals surface area contributed by atoms with Crippen molar-refractivity contribution in [2.24, 2.45) is 5.41 Å². The molecule has 1 fully saturated rings. The molecule has 0 spiro atoms. The molecule has 4 aromatic rings. The lowest BCUT2D eigenvalue weighted by Crippen LogP contribution is -2.12. The number of hydrogen-bond acceptors (Lipinski definition) is 3. The zero-order chi connectivity index (χ0) is 27.4. The summed E-state index contributed by atoms with van der Waals surface area (Å²) in [6.45, 7) is 0. The fourth-order valence-corrected chi connectivity index (χ4v) is 6.80. The van der Waals surface area contributed by atoms with Crippen molar-refractivity contribution < 1.29 is 18.7 Å². The summed E-state index contributed by atoms with van der Waals surface area (Å²) >= 11 is 5.52. The number of hydrogen-bond donors (Lipinski definition) is 1. The van der Waals surface area contributed by atoms with Crippen molar-refractivity contribution >= 4 is 56.7 Å². The predicted octanol–water partition coefficient (Wildman–Crippen LogP) is 9.11. The quantitative estimate of drug-likeness (QED) is 0.185. The SMILES string of the molecule is O=C(O)CC1(CS[C@H](CCc2ccccc2Br)c2cccc(C=Cc3ccc4cc(F)c(F)cc4n3)c2)CC1. The standard InChI is InChI=1S/C32H28BrF2NO2S/c33-26-7-2-1-5-22(26)10-13-30(39-20-32(14-15-32)19-31(37)38)24-6-3-4-21(16-24)8-11-25-12-9-23-17-27(34)28(35)18-29(23)36-25/h1-9,11-12,16-18,30H,10,13-15,19-20H2,(H,37,38)/t30-/m1/s1. The van der Waals surface area contributed by atoms with Crippen molar-refractivity contribution in [1.82, 2.24) is 4.98 Å². The van der Waals surface area contributed by atoms with E-state index in [0.29, 0.717) is 16.6 Å². The Labute approximate surface area is 239 Å². The number of fused-ring (bicyclic) bond motifs is 1. The maximum absolute atomic E-state index is 13.7. The lowest BCUT2D eigenvalue weighted by atomic mass is 10.0. The molecular formula is C32H28BrF2NO2S. The summed E-state index contributed by atoms with van der Waals surface area (Å²) in [7, 11) is 0. The van der Waals surface area contributed by atoms with Crippen molar-refractivity contribution in [2.75, 3.05) is 5.75 Å². The lowest BCUT2D eigenvalue weighted by molar-refractivity contribution is -0.138. The van der Waals surface area contributed by atoms with Gasteiger partial charge in [0.25, 0.3) is 0 Å². The van der Waals surface area contributed by atoms with Gasteiger partial charge in [0.2, 0.25) is 0 Å². The average Bonchev–Trinajstić information content (AvgIpc) is 3.68. The van der Waals surface area contributed by atoms with Gasteiger partial charge in [0, 0.05) is 26.9 Å². The van der Waals surface area contributed by atoms with Crippen LogP contribution in [0.1, 0.15) is 53.3 Å². The number of aromatic nitrogens is 1. The van der Waals surface area contributed by atoms with E-state index >= 15 is 0 Å². The summed E-state index contributed by atoms with van der Waals surface area (Å²) in [4.78, 5) is 15.9. The van der Waals surface area contributed by atoms with Crippen LogP contribution in [-0.4, -0.2) is 21.8 Å². The van der Waals surface area contributed by atoms with Crippen LogP contribution < -0.4 is 0 Å². The second-order valence-electron chi connectivity index (χ2n) is 10.2. The van der Waals surface area contributed by atoms with Gasteiger partial charge in [-0.3, -0.25) is 4.79 Å². The Bertz CT molecular complexity index is 1540. The number of benzene rings is 3. The number of pyridine rings is 1. The summed E-state index contributed by atoms with van der Waals surface area (Å²) < 4.78 is 28.3. The molecule has 0 aliphatic heterocycles. The summed E-state index contributed by atoms with van der Waals surface area (Å²) in [6, 6.07) is 22.4. The third-order valence-corrected chi connectivity index (χ3v) is 9.65. The molecule has 1 saturated carbocycles. The minimum Gasteiger partial charge on any atom is -0.481 e. The molecule has 5 rings (SSSR count). The van der Waals surface area contributed by atoms with Crippen LogP contribution in [0.25, 0.3) is 23.1 Å². The van der Waals surface area contributed by atoms with Gasteiger partial charge in [-0.05, 0) is 72.1 Å². The van der Waals surface area contributed by atoms with E-state index in [1.54, 1.807) is 12.1 Å². The summed E-state index contributed by atoms with van der Waals surface area (Å²) in [5, 5.41) is 10.1. The van der Waals surface area contributed by atoms with Crippen LogP contribution in [-0.2, 0) is 11.2 Å². The monoisotopic (exact) mass is 607 g/mol. The molecule has 0 amide bonds. The van der Waals surface area contributed by atoms with Crippen LogP contribution in [0.2, 0.25) is 0 Å². The normalized spacial score (nSPS) is 15.1. The van der Waals surface area contributed by atoms with E-state index in [0.717, 1.165) is 53.6 Å². The molecule has 1 aliphatic carbocycles. The lowest BCUT2D eigenvalue weighted by Gasteiger charge is -2.21. The number of thioether (sulfide) groups is 1. The van der Waals surface area contributed by atoms with Gasteiger partial charge in [0.05, 0.1) is 17.6 Å². The minimum absolute atomic E-state index is 0.0796. The first kappa shape index (κ1) is 27.5. The number of halogens is 3. The molecule has 200 valence electrons. The first-order valence-electron chi connectivity index (χ1n) is 12.9. The van der Waals surface area contributed by atoms with Gasteiger partial charge in [-0.25, -0.2) is 13.8 Å². The predicted molar refractivity (Wildman–Crippen MR) is 159 cm³/mol. The van der Waals surface area contributed by atoms with E-state index in [1.165, 1.54) is 11.1 Å². The fourth-order valence-electron chi connectivity index (χ4n) is 4.75. The van der Waals surface area contributed by atoms with Crippen LogP contribution in [0, 0.1) is 17.0 Å². The van der Waals surface area contributed by atoms with Crippen molar-refractivity contribution in [3.8, 4) is 0 Å². The van der Waals surface area contributed by atoms with Crippen LogP contribution in [0.15, 0.2) is 77.3 Å². The van der Waals surface area contributed by atoms with Crippen molar-refractivity contribution in [3.05, 3.63) is 111 Å². The molecule has 1 aliphatic rings. The van der Waals surface area contributed by atoms with Crippen LogP contribution in [0.3, 0.4) is 0 Å². The second kappa shape index (κ2) is 12.0. The molecule has 39 heavy (non-hydrogen) atoms. The highest BCUT2D eigenvalue weighted by atomic mass is 79.9. The largest absolute Gasteiger partial charge is 0.481 e. The van der Waals surface area contributed by atoms with E-state index in [1.807, 2.05) is 48.2 Å². The first-order chi connectivity index (χ1) is 18.8. The molecular weight excluding hydrogens is 580 g/mol. The number of carbonyl (C=O) groups is 1. The molecule has 0 radical (unpaired) electrons. The Morgan fingerprint density at radius 1 is 1.03 bits per heavy atom. The Kier molecular flexibility index (Phi) is 8.48. The van der Waals surface area contributed by atoms with E-state index < -0.39 is 17.6 Å². The Balaban J connectivity index is 1.35. The highest BCUT2D eigenvalue weighted by Gasteiger charge is 2.44. The number of carboxylic acids is 1. The number of aryl methyl sites for hydroxylation is 1. The third-order valence-electron chi connectivity index (χ3n) is 7.19. The van der Waals surface area contributed by atoms with Crippen molar-refractivity contribution in [3.63, 3.8) is 0 Å². The number of nitrogens with zero attached hydrogens (tertiary/aromatic N) is 1. The van der Waals surface area contributed by atoms with Gasteiger partial charge in [-0.2, -0.15) is 11.8 Å². The molecule has 3 nitrogen and oxygen atoms in total. The molecule has 0 bridgehead atoms. The Hall–Kier alpha value is -3.03. The van der Waals surface area contributed by atoms with Crippen LogP contribution in [0.4, 0.5) is 8.78 Å². The molecule has 3 aromatic carbocycles. The molecule has 1 aromatic heterocycles. The van der Waals surface area contributed by atoms with Gasteiger partial charge in [-0.1, -0.05) is 70.5 Å². The number of carboxylic acid groups (broad SMARTS) is 1. The zero-order valence-electron chi connectivity index (χ0n) is 21.2. The number of aliphatic carboxylic acids is 1. The molecule has 7 heteroatoms. The summed E-state index contributed by atoms with van der Waals surface area (Å²) in [5.41, 5.74) is 4.45. The highest BCUT2D eigenvalue weighted by molar-refractivity contribution is 9.10. The third kappa shape index (κ3) is 7.14. The van der Waals surface area contributed by atoms with Gasteiger partial charge in [0.15, 0.2) is 11.6 Å².